The molecule has 118 valence electrons. The van der Waals surface area contributed by atoms with Crippen LogP contribution in [-0.2, 0) is 16.1 Å². The van der Waals surface area contributed by atoms with Gasteiger partial charge in [-0.1, -0.05) is 11.6 Å². The summed E-state index contributed by atoms with van der Waals surface area (Å²) in [5, 5.41) is 3.49. The molecule has 0 amide bonds. The highest BCUT2D eigenvalue weighted by molar-refractivity contribution is 5.85. The van der Waals surface area contributed by atoms with Crippen molar-refractivity contribution in [3.63, 3.8) is 0 Å². The molecule has 1 unspecified atom stereocenters. The quantitative estimate of drug-likeness (QED) is 0.756. The number of carbonyl (C=O) groups is 1. The number of ether oxygens (including phenoxy) is 1. The minimum atomic E-state index is -4.22. The molecule has 1 aromatic heterocycles. The molecule has 5 nitrogen and oxygen atoms in total. The molecule has 1 aliphatic carbocycles. The second-order valence-corrected chi connectivity index (χ2v) is 4.87. The topological polar surface area (TPSA) is 65.2 Å². The lowest BCUT2D eigenvalue weighted by molar-refractivity contribution is -0.168. The zero-order valence-corrected chi connectivity index (χ0v) is 11.0. The molecule has 0 N–H and O–H groups in total. The molecule has 0 aromatic carbocycles. The van der Waals surface area contributed by atoms with Crippen molar-refractivity contribution in [3.05, 3.63) is 11.7 Å². The molecule has 0 saturated heterocycles. The monoisotopic (exact) mass is 310 g/mol. The number of halogens is 4. The van der Waals surface area contributed by atoms with Gasteiger partial charge in [-0.15, -0.1) is 0 Å². The highest BCUT2D eigenvalue weighted by Gasteiger charge is 2.41. The molecule has 0 radical (unpaired) electrons. The number of alkyl halides is 4. The van der Waals surface area contributed by atoms with Crippen molar-refractivity contribution >= 4 is 5.78 Å². The first-order chi connectivity index (χ1) is 9.90. The van der Waals surface area contributed by atoms with Crippen LogP contribution in [0.2, 0.25) is 0 Å². The highest BCUT2D eigenvalue weighted by atomic mass is 19.3. The van der Waals surface area contributed by atoms with E-state index in [9.17, 15) is 22.4 Å². The lowest BCUT2D eigenvalue weighted by Crippen LogP contribution is -2.32. The van der Waals surface area contributed by atoms with Crippen molar-refractivity contribution in [2.24, 2.45) is 0 Å². The summed E-state index contributed by atoms with van der Waals surface area (Å²) in [5.74, 6) is -4.61. The van der Waals surface area contributed by atoms with Crippen molar-refractivity contribution in [1.82, 2.24) is 10.1 Å². The number of ketones is 1. The number of nitrogens with zero attached hydrogens (tertiary/aromatic N) is 2. The van der Waals surface area contributed by atoms with Crippen LogP contribution in [0.4, 0.5) is 17.6 Å². The summed E-state index contributed by atoms with van der Waals surface area (Å²) < 4.78 is 58.4. The van der Waals surface area contributed by atoms with Crippen molar-refractivity contribution < 1.29 is 31.6 Å². The Morgan fingerprint density at radius 2 is 2.14 bits per heavy atom. The maximum Gasteiger partial charge on any atom is 0.330 e. The van der Waals surface area contributed by atoms with E-state index in [0.29, 0.717) is 12.8 Å². The van der Waals surface area contributed by atoms with Crippen LogP contribution in [0.1, 0.15) is 43.3 Å². The van der Waals surface area contributed by atoms with Gasteiger partial charge in [0.25, 0.3) is 0 Å². The van der Waals surface area contributed by atoms with E-state index >= 15 is 0 Å². The summed E-state index contributed by atoms with van der Waals surface area (Å²) >= 11 is 0. The maximum atomic E-state index is 12.6. The molecule has 0 spiro atoms. The van der Waals surface area contributed by atoms with Crippen molar-refractivity contribution in [3.8, 4) is 0 Å². The Bertz CT molecular complexity index is 493. The highest BCUT2D eigenvalue weighted by Crippen LogP contribution is 2.29. The van der Waals surface area contributed by atoms with Crippen LogP contribution in [0.3, 0.4) is 0 Å². The molecule has 21 heavy (non-hydrogen) atoms. The van der Waals surface area contributed by atoms with Gasteiger partial charge in [0, 0.05) is 6.42 Å². The molecule has 1 aliphatic rings. The van der Waals surface area contributed by atoms with Gasteiger partial charge in [0.15, 0.2) is 5.82 Å². The van der Waals surface area contributed by atoms with Crippen LogP contribution in [0.15, 0.2) is 4.52 Å². The molecular formula is C12H14F4N2O3. The fourth-order valence-corrected chi connectivity index (χ4v) is 2.05. The number of carbonyl (C=O) groups excluding carboxylic acids is 1. The third-order valence-electron chi connectivity index (χ3n) is 3.18. The number of hydrogen-bond donors (Lipinski definition) is 0. The van der Waals surface area contributed by atoms with Crippen molar-refractivity contribution in [1.29, 1.82) is 0 Å². The lowest BCUT2D eigenvalue weighted by Gasteiger charge is -2.16. The first-order valence-corrected chi connectivity index (χ1v) is 6.49. The molecule has 1 atom stereocenters. The van der Waals surface area contributed by atoms with Crippen LogP contribution in [-0.4, -0.2) is 34.9 Å². The fourth-order valence-electron chi connectivity index (χ4n) is 2.05. The molecule has 1 saturated carbocycles. The molecule has 1 fully saturated rings. The summed E-state index contributed by atoms with van der Waals surface area (Å²) in [6, 6.07) is 0. The largest absolute Gasteiger partial charge is 0.367 e. The molecule has 9 heteroatoms. The van der Waals surface area contributed by atoms with E-state index in [-0.39, 0.29) is 17.5 Å². The normalized spacial score (nSPS) is 20.2. The second-order valence-electron chi connectivity index (χ2n) is 4.87. The smallest absolute Gasteiger partial charge is 0.330 e. The Morgan fingerprint density at radius 3 is 2.81 bits per heavy atom. The van der Waals surface area contributed by atoms with Gasteiger partial charge in [0.05, 0.1) is 5.92 Å². The molecule has 1 heterocycles. The van der Waals surface area contributed by atoms with E-state index in [1.165, 1.54) is 0 Å². The number of rotatable bonds is 6. The Balaban J connectivity index is 1.87. The van der Waals surface area contributed by atoms with Gasteiger partial charge < -0.3 is 9.26 Å². The zero-order valence-electron chi connectivity index (χ0n) is 11.0. The van der Waals surface area contributed by atoms with Gasteiger partial charge in [-0.05, 0) is 12.8 Å². The fraction of sp³-hybridized carbons (Fsp3) is 0.750. The van der Waals surface area contributed by atoms with Gasteiger partial charge in [-0.2, -0.15) is 13.8 Å². The molecule has 0 bridgehead atoms. The van der Waals surface area contributed by atoms with E-state index in [2.05, 4.69) is 14.9 Å². The minimum Gasteiger partial charge on any atom is -0.367 e. The maximum absolute atomic E-state index is 12.6. The third-order valence-corrected chi connectivity index (χ3v) is 3.18. The van der Waals surface area contributed by atoms with E-state index in [1.54, 1.807) is 0 Å². The van der Waals surface area contributed by atoms with Crippen LogP contribution >= 0.6 is 0 Å². The van der Waals surface area contributed by atoms with Gasteiger partial charge in [-0.25, -0.2) is 8.78 Å². The molecule has 1 aromatic rings. The van der Waals surface area contributed by atoms with Crippen LogP contribution in [0, 0.1) is 0 Å². The average Bonchev–Trinajstić information content (AvgIpc) is 2.87. The number of Topliss-reactive ketones (excluding diaryl/α,β-unsaturated/α-hetero) is 1. The molecular weight excluding hydrogens is 296 g/mol. The Hall–Kier alpha value is -1.51. The number of aromatic nitrogens is 2. The Morgan fingerprint density at radius 1 is 1.38 bits per heavy atom. The van der Waals surface area contributed by atoms with Crippen LogP contribution in [0.25, 0.3) is 0 Å². The van der Waals surface area contributed by atoms with E-state index in [0.717, 1.165) is 12.8 Å². The van der Waals surface area contributed by atoms with Crippen molar-refractivity contribution in [2.45, 2.75) is 50.6 Å². The lowest BCUT2D eigenvalue weighted by atomic mass is 9.88. The van der Waals surface area contributed by atoms with E-state index < -0.39 is 31.5 Å². The van der Waals surface area contributed by atoms with Gasteiger partial charge in [0.1, 0.15) is 19.0 Å². The molecule has 2 rings (SSSR count). The van der Waals surface area contributed by atoms with Gasteiger partial charge in [0.2, 0.25) is 5.89 Å². The summed E-state index contributed by atoms with van der Waals surface area (Å²) in [4.78, 5) is 15.6. The summed E-state index contributed by atoms with van der Waals surface area (Å²) in [6.45, 7) is -1.91. The summed E-state index contributed by atoms with van der Waals surface area (Å²) in [5.41, 5.74) is 0. The SMILES string of the molecule is O=C1CCCCC1c1nc(COCC(F)(F)C(F)F)no1. The summed E-state index contributed by atoms with van der Waals surface area (Å²) in [6.07, 6.45) is -1.06. The van der Waals surface area contributed by atoms with Gasteiger partial charge >= 0.3 is 12.3 Å². The van der Waals surface area contributed by atoms with Crippen LogP contribution in [0.5, 0.6) is 0 Å². The predicted molar refractivity (Wildman–Crippen MR) is 61.1 cm³/mol. The van der Waals surface area contributed by atoms with Crippen molar-refractivity contribution in [2.75, 3.05) is 6.61 Å². The Labute approximate surface area is 117 Å². The third kappa shape index (κ3) is 3.99. The number of hydrogen-bond acceptors (Lipinski definition) is 5. The standard InChI is InChI=1S/C12H14F4N2O3/c13-11(14)12(15,16)6-20-5-9-17-10(21-18-9)7-3-1-2-4-8(7)19/h7,11H,1-6H2. The van der Waals surface area contributed by atoms with Crippen LogP contribution < -0.4 is 0 Å². The summed E-state index contributed by atoms with van der Waals surface area (Å²) in [7, 11) is 0. The average molecular weight is 310 g/mol. The first-order valence-electron chi connectivity index (χ1n) is 6.49. The van der Waals surface area contributed by atoms with E-state index in [4.69, 9.17) is 4.52 Å². The predicted octanol–water partition coefficient (Wildman–Crippen LogP) is 2.71. The second kappa shape index (κ2) is 6.50. The van der Waals surface area contributed by atoms with Gasteiger partial charge in [-0.3, -0.25) is 4.79 Å². The van der Waals surface area contributed by atoms with E-state index in [1.807, 2.05) is 0 Å². The Kier molecular flexibility index (Phi) is 4.92. The zero-order chi connectivity index (χ0) is 15.5. The molecule has 0 aliphatic heterocycles. The minimum absolute atomic E-state index is 0.00148. The first kappa shape index (κ1) is 15.9.